The second-order valence-corrected chi connectivity index (χ2v) is 9.04. The summed E-state index contributed by atoms with van der Waals surface area (Å²) in [5.74, 6) is 0. The standard InChI is InChI=1S/C24H33N3O2/c1-23(2)19-24(11-17-29-23,22(28)21-10-6-7-12-25-21)27-15-13-26(14-16-27)18-20-8-4-3-5-9-20/h3-10,12,22,28H,11,13-19H2,1-2H3. The number of pyridine rings is 1. The third-order valence-corrected chi connectivity index (χ3v) is 6.49. The highest BCUT2D eigenvalue weighted by atomic mass is 16.5. The maximum absolute atomic E-state index is 11.5. The van der Waals surface area contributed by atoms with E-state index in [9.17, 15) is 5.11 Å². The number of aromatic nitrogens is 1. The summed E-state index contributed by atoms with van der Waals surface area (Å²) < 4.78 is 6.03. The van der Waals surface area contributed by atoms with Crippen LogP contribution in [0.1, 0.15) is 44.1 Å². The van der Waals surface area contributed by atoms with Crippen LogP contribution in [0.5, 0.6) is 0 Å². The molecule has 2 atom stereocenters. The summed E-state index contributed by atoms with van der Waals surface area (Å²) in [5, 5.41) is 11.5. The van der Waals surface area contributed by atoms with Crippen LogP contribution in [0.25, 0.3) is 0 Å². The van der Waals surface area contributed by atoms with E-state index in [1.165, 1.54) is 5.56 Å². The summed E-state index contributed by atoms with van der Waals surface area (Å²) in [6.45, 7) is 9.84. The van der Waals surface area contributed by atoms with Gasteiger partial charge >= 0.3 is 0 Å². The average Bonchev–Trinajstić information content (AvgIpc) is 2.74. The number of ether oxygens (including phenoxy) is 1. The van der Waals surface area contributed by atoms with E-state index in [-0.39, 0.29) is 11.1 Å². The van der Waals surface area contributed by atoms with Crippen LogP contribution in [-0.4, -0.2) is 63.8 Å². The Hall–Kier alpha value is -1.79. The van der Waals surface area contributed by atoms with Gasteiger partial charge in [0, 0.05) is 45.5 Å². The van der Waals surface area contributed by atoms with Crippen LogP contribution in [0, 0.1) is 0 Å². The molecule has 3 heterocycles. The van der Waals surface area contributed by atoms with Gasteiger partial charge in [-0.25, -0.2) is 0 Å². The summed E-state index contributed by atoms with van der Waals surface area (Å²) in [4.78, 5) is 9.51. The Morgan fingerprint density at radius 2 is 1.76 bits per heavy atom. The summed E-state index contributed by atoms with van der Waals surface area (Å²) in [7, 11) is 0. The van der Waals surface area contributed by atoms with Gasteiger partial charge in [-0.05, 0) is 44.4 Å². The highest BCUT2D eigenvalue weighted by Gasteiger charge is 2.51. The van der Waals surface area contributed by atoms with Gasteiger partial charge in [-0.15, -0.1) is 0 Å². The maximum Gasteiger partial charge on any atom is 0.114 e. The fourth-order valence-electron chi connectivity index (χ4n) is 5.06. The number of benzene rings is 1. The van der Waals surface area contributed by atoms with Gasteiger partial charge in [-0.3, -0.25) is 14.8 Å². The van der Waals surface area contributed by atoms with Crippen LogP contribution in [-0.2, 0) is 11.3 Å². The Morgan fingerprint density at radius 3 is 2.41 bits per heavy atom. The molecule has 0 radical (unpaired) electrons. The lowest BCUT2D eigenvalue weighted by Gasteiger charge is -2.55. The van der Waals surface area contributed by atoms with E-state index < -0.39 is 6.10 Å². The summed E-state index contributed by atoms with van der Waals surface area (Å²) in [6.07, 6.45) is 2.78. The molecule has 5 nitrogen and oxygen atoms in total. The molecule has 2 aromatic rings. The number of rotatable bonds is 5. The van der Waals surface area contributed by atoms with Crippen molar-refractivity contribution in [1.29, 1.82) is 0 Å². The monoisotopic (exact) mass is 395 g/mol. The number of aliphatic hydroxyl groups is 1. The van der Waals surface area contributed by atoms with Crippen molar-refractivity contribution in [1.82, 2.24) is 14.8 Å². The molecule has 2 fully saturated rings. The molecule has 1 aromatic heterocycles. The van der Waals surface area contributed by atoms with Crippen molar-refractivity contribution in [2.45, 2.75) is 50.5 Å². The van der Waals surface area contributed by atoms with Gasteiger partial charge in [0.25, 0.3) is 0 Å². The van der Waals surface area contributed by atoms with Gasteiger partial charge in [0.2, 0.25) is 0 Å². The maximum atomic E-state index is 11.5. The summed E-state index contributed by atoms with van der Waals surface area (Å²) >= 11 is 0. The van der Waals surface area contributed by atoms with Crippen LogP contribution in [0.4, 0.5) is 0 Å². The van der Waals surface area contributed by atoms with E-state index in [1.807, 2.05) is 18.2 Å². The molecule has 5 heteroatoms. The van der Waals surface area contributed by atoms with E-state index in [0.717, 1.165) is 51.3 Å². The van der Waals surface area contributed by atoms with Crippen molar-refractivity contribution >= 4 is 0 Å². The van der Waals surface area contributed by atoms with Crippen LogP contribution >= 0.6 is 0 Å². The lowest BCUT2D eigenvalue weighted by Crippen LogP contribution is -2.64. The molecule has 29 heavy (non-hydrogen) atoms. The van der Waals surface area contributed by atoms with Crippen molar-refractivity contribution in [3.8, 4) is 0 Å². The molecule has 2 aliphatic heterocycles. The highest BCUT2D eigenvalue weighted by Crippen LogP contribution is 2.44. The van der Waals surface area contributed by atoms with E-state index in [1.54, 1.807) is 6.20 Å². The molecule has 0 bridgehead atoms. The Labute approximate surface area is 174 Å². The third-order valence-electron chi connectivity index (χ3n) is 6.49. The molecule has 1 N–H and O–H groups in total. The Morgan fingerprint density at radius 1 is 1.03 bits per heavy atom. The molecule has 0 saturated carbocycles. The van der Waals surface area contributed by atoms with E-state index in [2.05, 4.69) is 59.0 Å². The second-order valence-electron chi connectivity index (χ2n) is 9.04. The molecule has 0 aliphatic carbocycles. The zero-order valence-corrected chi connectivity index (χ0v) is 17.6. The summed E-state index contributed by atoms with van der Waals surface area (Å²) in [5.41, 5.74) is 1.53. The van der Waals surface area contributed by atoms with Gasteiger partial charge < -0.3 is 9.84 Å². The average molecular weight is 396 g/mol. The van der Waals surface area contributed by atoms with Gasteiger partial charge in [0.05, 0.1) is 16.8 Å². The van der Waals surface area contributed by atoms with E-state index in [4.69, 9.17) is 4.74 Å². The van der Waals surface area contributed by atoms with Crippen LogP contribution in [0.3, 0.4) is 0 Å². The molecular weight excluding hydrogens is 362 g/mol. The zero-order valence-electron chi connectivity index (χ0n) is 17.6. The van der Waals surface area contributed by atoms with Crippen molar-refractivity contribution in [2.24, 2.45) is 0 Å². The minimum atomic E-state index is -0.618. The van der Waals surface area contributed by atoms with Crippen molar-refractivity contribution in [2.75, 3.05) is 32.8 Å². The molecule has 1 aromatic carbocycles. The summed E-state index contributed by atoms with van der Waals surface area (Å²) in [6, 6.07) is 16.5. The lowest BCUT2D eigenvalue weighted by atomic mass is 9.74. The second kappa shape index (κ2) is 8.52. The number of piperazine rings is 1. The zero-order chi connectivity index (χ0) is 20.3. The van der Waals surface area contributed by atoms with E-state index >= 15 is 0 Å². The lowest BCUT2D eigenvalue weighted by molar-refractivity contribution is -0.165. The quantitative estimate of drug-likeness (QED) is 0.842. The molecular formula is C24H33N3O2. The molecule has 0 spiro atoms. The smallest absolute Gasteiger partial charge is 0.114 e. The van der Waals surface area contributed by atoms with Crippen LogP contribution in [0.2, 0.25) is 0 Å². The SMILES string of the molecule is CC1(C)CC(C(O)c2ccccn2)(N2CCN(Cc3ccccc3)CC2)CCO1. The van der Waals surface area contributed by atoms with Gasteiger partial charge in [0.1, 0.15) is 6.10 Å². The third kappa shape index (κ3) is 4.53. The van der Waals surface area contributed by atoms with E-state index in [0.29, 0.717) is 6.61 Å². The van der Waals surface area contributed by atoms with Crippen LogP contribution < -0.4 is 0 Å². The molecule has 2 unspecified atom stereocenters. The minimum Gasteiger partial charge on any atom is -0.385 e. The minimum absolute atomic E-state index is 0.255. The van der Waals surface area contributed by atoms with Crippen molar-refractivity contribution < 1.29 is 9.84 Å². The molecule has 4 rings (SSSR count). The predicted molar refractivity (Wildman–Crippen MR) is 114 cm³/mol. The first kappa shape index (κ1) is 20.5. The van der Waals surface area contributed by atoms with Gasteiger partial charge in [-0.1, -0.05) is 36.4 Å². The molecule has 2 saturated heterocycles. The van der Waals surface area contributed by atoms with Gasteiger partial charge in [-0.2, -0.15) is 0 Å². The first-order valence-electron chi connectivity index (χ1n) is 10.7. The Kier molecular flexibility index (Phi) is 6.02. The Balaban J connectivity index is 1.52. The number of hydrogen-bond acceptors (Lipinski definition) is 5. The molecule has 0 amide bonds. The fourth-order valence-corrected chi connectivity index (χ4v) is 5.06. The first-order valence-corrected chi connectivity index (χ1v) is 10.7. The van der Waals surface area contributed by atoms with Crippen molar-refractivity contribution in [3.05, 3.63) is 66.0 Å². The number of aliphatic hydroxyl groups excluding tert-OH is 1. The predicted octanol–water partition coefficient (Wildman–Crippen LogP) is 3.26. The topological polar surface area (TPSA) is 48.8 Å². The molecule has 2 aliphatic rings. The normalized spacial score (nSPS) is 26.9. The van der Waals surface area contributed by atoms with Crippen molar-refractivity contribution in [3.63, 3.8) is 0 Å². The number of nitrogens with zero attached hydrogens (tertiary/aromatic N) is 3. The Bertz CT molecular complexity index is 775. The van der Waals surface area contributed by atoms with Crippen LogP contribution in [0.15, 0.2) is 54.7 Å². The molecule has 156 valence electrons. The largest absolute Gasteiger partial charge is 0.385 e. The number of hydrogen-bond donors (Lipinski definition) is 1. The highest BCUT2D eigenvalue weighted by molar-refractivity contribution is 5.17. The van der Waals surface area contributed by atoms with Gasteiger partial charge in [0.15, 0.2) is 0 Å². The first-order chi connectivity index (χ1) is 14.0. The fraction of sp³-hybridized carbons (Fsp3) is 0.542.